The molecule has 1 saturated heterocycles. The maximum absolute atomic E-state index is 12.1. The molecule has 2 amide bonds. The number of rotatable bonds is 7. The number of amides is 2. The molecule has 0 N–H and O–H groups in total. The van der Waals surface area contributed by atoms with Crippen LogP contribution in [0.2, 0.25) is 0 Å². The summed E-state index contributed by atoms with van der Waals surface area (Å²) in [5, 5.41) is -0.343. The lowest BCUT2D eigenvalue weighted by molar-refractivity contribution is -0.125. The predicted molar refractivity (Wildman–Crippen MR) is 121 cm³/mol. The molecule has 4 rings (SSSR count). The van der Waals surface area contributed by atoms with Crippen molar-refractivity contribution in [3.8, 4) is 11.5 Å². The number of nitrogens with zero attached hydrogens (tertiary/aromatic N) is 2. The first-order valence-corrected chi connectivity index (χ1v) is 11.9. The van der Waals surface area contributed by atoms with Gasteiger partial charge < -0.3 is 9.15 Å². The highest BCUT2D eigenvalue weighted by Gasteiger charge is 2.37. The van der Waals surface area contributed by atoms with Gasteiger partial charge in [-0.1, -0.05) is 42.3 Å². The molecule has 2 fully saturated rings. The highest BCUT2D eigenvalue weighted by Crippen LogP contribution is 2.35. The second-order valence-corrected chi connectivity index (χ2v) is 9.85. The molecule has 1 aliphatic carbocycles. The number of oxazole rings is 1. The van der Waals surface area contributed by atoms with Crippen molar-refractivity contribution < 1.29 is 18.7 Å². The van der Waals surface area contributed by atoms with E-state index >= 15 is 0 Å². The van der Waals surface area contributed by atoms with Crippen molar-refractivity contribution in [2.24, 2.45) is 5.92 Å². The molecule has 6 nitrogen and oxygen atoms in total. The van der Waals surface area contributed by atoms with Crippen LogP contribution in [0.4, 0.5) is 4.79 Å². The molecule has 0 bridgehead atoms. The number of benzene rings is 1. The zero-order chi connectivity index (χ0) is 22.0. The molecule has 31 heavy (non-hydrogen) atoms. The number of ether oxygens (including phenoxy) is 1. The molecular formula is C24H30N2O4S. The van der Waals surface area contributed by atoms with Gasteiger partial charge in [-0.2, -0.15) is 0 Å². The van der Waals surface area contributed by atoms with Gasteiger partial charge >= 0.3 is 0 Å². The van der Waals surface area contributed by atoms with Crippen LogP contribution in [-0.2, 0) is 16.1 Å². The van der Waals surface area contributed by atoms with Gasteiger partial charge in [-0.25, -0.2) is 4.98 Å². The van der Waals surface area contributed by atoms with Gasteiger partial charge in [0.1, 0.15) is 11.5 Å². The van der Waals surface area contributed by atoms with E-state index in [1.165, 1.54) is 22.2 Å². The molecule has 2 aliphatic rings. The molecule has 2 aromatic rings. The zero-order valence-electron chi connectivity index (χ0n) is 18.4. The number of hydrogen-bond donors (Lipinski definition) is 0. The number of thioether (sulfide) groups is 1. The highest BCUT2D eigenvalue weighted by atomic mass is 32.2. The van der Waals surface area contributed by atoms with Gasteiger partial charge in [-0.15, -0.1) is 0 Å². The van der Waals surface area contributed by atoms with Gasteiger partial charge in [-0.3, -0.25) is 14.5 Å². The van der Waals surface area contributed by atoms with Crippen LogP contribution in [0.5, 0.6) is 0 Å². The molecule has 2 heterocycles. The summed E-state index contributed by atoms with van der Waals surface area (Å²) in [5.74, 6) is 1.92. The average Bonchev–Trinajstić information content (AvgIpc) is 3.26. The normalized spacial score (nSPS) is 24.2. The van der Waals surface area contributed by atoms with Crippen molar-refractivity contribution in [2.45, 2.75) is 70.3 Å². The Balaban J connectivity index is 1.28. The zero-order valence-corrected chi connectivity index (χ0v) is 19.2. The van der Waals surface area contributed by atoms with Crippen molar-refractivity contribution in [1.82, 2.24) is 9.88 Å². The van der Waals surface area contributed by atoms with Gasteiger partial charge in [0.2, 0.25) is 11.8 Å². The summed E-state index contributed by atoms with van der Waals surface area (Å²) < 4.78 is 12.1. The Kier molecular flexibility index (Phi) is 6.82. The fourth-order valence-electron chi connectivity index (χ4n) is 4.36. The van der Waals surface area contributed by atoms with Crippen LogP contribution >= 0.6 is 11.8 Å². The van der Waals surface area contributed by atoms with E-state index in [0.717, 1.165) is 55.5 Å². The molecule has 7 heteroatoms. The number of imide groups is 1. The van der Waals surface area contributed by atoms with E-state index in [4.69, 9.17) is 9.15 Å². The average molecular weight is 443 g/mol. The second-order valence-electron chi connectivity index (χ2n) is 8.70. The Morgan fingerprint density at radius 2 is 1.94 bits per heavy atom. The molecule has 1 aliphatic heterocycles. The number of hydrogen-bond acceptors (Lipinski definition) is 6. The largest absolute Gasteiger partial charge is 0.441 e. The molecule has 1 aromatic heterocycles. The van der Waals surface area contributed by atoms with E-state index in [0.29, 0.717) is 18.4 Å². The van der Waals surface area contributed by atoms with Gasteiger partial charge in [0.15, 0.2) is 0 Å². The fraction of sp³-hybridized carbons (Fsp3) is 0.542. The Bertz CT molecular complexity index is 940. The topological polar surface area (TPSA) is 72.6 Å². The van der Waals surface area contributed by atoms with Crippen LogP contribution in [0, 0.1) is 19.8 Å². The fourth-order valence-corrected chi connectivity index (χ4v) is 5.36. The van der Waals surface area contributed by atoms with E-state index in [9.17, 15) is 9.59 Å². The monoisotopic (exact) mass is 442 g/mol. The summed E-state index contributed by atoms with van der Waals surface area (Å²) >= 11 is 1.17. The maximum atomic E-state index is 12.1. The van der Waals surface area contributed by atoms with Crippen LogP contribution < -0.4 is 0 Å². The summed E-state index contributed by atoms with van der Waals surface area (Å²) in [7, 11) is 1.57. The number of aryl methyl sites for hydroxylation is 2. The molecule has 0 radical (unpaired) electrons. The Morgan fingerprint density at radius 1 is 1.16 bits per heavy atom. The molecule has 1 unspecified atom stereocenters. The first-order valence-electron chi connectivity index (χ1n) is 11.0. The predicted octanol–water partition coefficient (Wildman–Crippen LogP) is 5.51. The van der Waals surface area contributed by atoms with Gasteiger partial charge in [0.05, 0.1) is 18.0 Å². The standard InChI is InChI=1S/C24H30N2O4S/c1-15-7-10-18(11-8-15)22-25-20(16(2)30-22)14-29-19-6-4-5-17(13-19)9-12-21-23(27)26(3)24(28)31-21/h7-8,10-11,17,19,21H,4-6,9,12-14H2,1-3H3/t17-,19-,21?/m1/s1. The van der Waals surface area contributed by atoms with E-state index in [2.05, 4.69) is 24.0 Å². The van der Waals surface area contributed by atoms with Crippen molar-refractivity contribution in [3.05, 3.63) is 41.3 Å². The van der Waals surface area contributed by atoms with E-state index in [1.807, 2.05) is 19.1 Å². The van der Waals surface area contributed by atoms with Crippen LogP contribution in [0.15, 0.2) is 28.7 Å². The van der Waals surface area contributed by atoms with Crippen molar-refractivity contribution in [3.63, 3.8) is 0 Å². The molecule has 3 atom stereocenters. The van der Waals surface area contributed by atoms with Crippen molar-refractivity contribution >= 4 is 22.9 Å². The smallest absolute Gasteiger partial charge is 0.288 e. The molecule has 166 valence electrons. The van der Waals surface area contributed by atoms with Gasteiger partial charge in [0.25, 0.3) is 5.24 Å². The summed E-state index contributed by atoms with van der Waals surface area (Å²) in [4.78, 5) is 29.7. The van der Waals surface area contributed by atoms with E-state index in [1.54, 1.807) is 7.05 Å². The third-order valence-electron chi connectivity index (χ3n) is 6.34. The van der Waals surface area contributed by atoms with Gasteiger partial charge in [-0.05, 0) is 57.6 Å². The summed E-state index contributed by atoms with van der Waals surface area (Å²) in [5.41, 5.74) is 3.03. The quantitative estimate of drug-likeness (QED) is 0.563. The molecule has 1 aromatic carbocycles. The first kappa shape index (κ1) is 22.1. The molecular weight excluding hydrogens is 412 g/mol. The van der Waals surface area contributed by atoms with Crippen molar-refractivity contribution in [1.29, 1.82) is 0 Å². The second kappa shape index (κ2) is 9.57. The van der Waals surface area contributed by atoms with Crippen molar-refractivity contribution in [2.75, 3.05) is 7.05 Å². The molecule has 1 saturated carbocycles. The maximum Gasteiger partial charge on any atom is 0.288 e. The van der Waals surface area contributed by atoms with E-state index < -0.39 is 0 Å². The third kappa shape index (κ3) is 5.21. The Hall–Kier alpha value is -2.12. The lowest BCUT2D eigenvalue weighted by Crippen LogP contribution is -2.28. The van der Waals surface area contributed by atoms with Crippen LogP contribution in [0.3, 0.4) is 0 Å². The number of aromatic nitrogens is 1. The lowest BCUT2D eigenvalue weighted by atomic mass is 9.84. The third-order valence-corrected chi connectivity index (χ3v) is 7.54. The lowest BCUT2D eigenvalue weighted by Gasteiger charge is -2.29. The number of carbonyl (C=O) groups excluding carboxylic acids is 2. The number of carbonyl (C=O) groups is 2. The van der Waals surface area contributed by atoms with E-state index in [-0.39, 0.29) is 22.5 Å². The Morgan fingerprint density at radius 3 is 2.65 bits per heavy atom. The SMILES string of the molecule is Cc1ccc(-c2nc(CO[C@@H]3CCC[C@H](CCC4SC(=O)N(C)C4=O)C3)c(C)o2)cc1. The molecule has 0 spiro atoms. The minimum atomic E-state index is -0.211. The van der Waals surface area contributed by atoms with Crippen LogP contribution in [-0.4, -0.2) is 39.4 Å². The van der Waals surface area contributed by atoms with Gasteiger partial charge in [0, 0.05) is 12.6 Å². The summed E-state index contributed by atoms with van der Waals surface area (Å²) in [6.07, 6.45) is 6.27. The first-order chi connectivity index (χ1) is 14.9. The van der Waals surface area contributed by atoms with Crippen LogP contribution in [0.1, 0.15) is 55.5 Å². The summed E-state index contributed by atoms with van der Waals surface area (Å²) in [6.45, 7) is 4.44. The minimum Gasteiger partial charge on any atom is -0.441 e. The summed E-state index contributed by atoms with van der Waals surface area (Å²) in [6, 6.07) is 8.16. The highest BCUT2D eigenvalue weighted by molar-refractivity contribution is 8.15. The van der Waals surface area contributed by atoms with Crippen LogP contribution in [0.25, 0.3) is 11.5 Å². The minimum absolute atomic E-state index is 0.0514. The Labute approximate surface area is 187 Å².